The summed E-state index contributed by atoms with van der Waals surface area (Å²) in [5.74, 6) is 0.342. The van der Waals surface area contributed by atoms with Crippen LogP contribution in [0.3, 0.4) is 0 Å². The molecule has 0 aliphatic heterocycles. The molecule has 0 aliphatic carbocycles. The van der Waals surface area contributed by atoms with E-state index in [2.05, 4.69) is 20.8 Å². The number of hydrogen-bond acceptors (Lipinski definition) is 3. The third kappa shape index (κ3) is 6.19. The number of ketones is 2. The molecule has 2 aromatic rings. The van der Waals surface area contributed by atoms with Crippen LogP contribution in [0.4, 0.5) is 0 Å². The largest absolute Gasteiger partial charge is 2.00 e. The van der Waals surface area contributed by atoms with Crippen LogP contribution in [0, 0.1) is 0 Å². The predicted molar refractivity (Wildman–Crippen MR) is 92.1 cm³/mol. The summed E-state index contributed by atoms with van der Waals surface area (Å²) in [4.78, 5) is 24.5. The molecule has 2 rings (SSSR count). The Hall–Kier alpha value is -1.84. The molecular formula is C20H22O4Zn. The van der Waals surface area contributed by atoms with Gasteiger partial charge in [-0.15, -0.1) is 0 Å². The van der Waals surface area contributed by atoms with Gasteiger partial charge in [-0.25, -0.2) is 0 Å². The first-order valence-electron chi connectivity index (χ1n) is 7.62. The van der Waals surface area contributed by atoms with Crippen LogP contribution in [0.25, 0.3) is 0 Å². The summed E-state index contributed by atoms with van der Waals surface area (Å²) in [6.45, 7) is 6.37. The van der Waals surface area contributed by atoms with E-state index in [0.29, 0.717) is 16.9 Å². The van der Waals surface area contributed by atoms with Crippen LogP contribution in [-0.4, -0.2) is 18.7 Å². The quantitative estimate of drug-likeness (QED) is 0.432. The van der Waals surface area contributed by atoms with Crippen LogP contribution < -0.4 is 4.74 Å². The minimum atomic E-state index is -0.183. The van der Waals surface area contributed by atoms with Gasteiger partial charge in [0.15, 0.2) is 11.6 Å². The molecule has 4 nitrogen and oxygen atoms in total. The zero-order valence-electron chi connectivity index (χ0n) is 15.2. The first kappa shape index (κ1) is 23.2. The Kier molecular flexibility index (Phi) is 8.89. The van der Waals surface area contributed by atoms with Crippen LogP contribution in [-0.2, 0) is 30.4 Å². The second-order valence-electron chi connectivity index (χ2n) is 6.58. The van der Waals surface area contributed by atoms with E-state index in [0.717, 1.165) is 5.56 Å². The molecule has 0 spiro atoms. The maximum Gasteiger partial charge on any atom is 2.00 e. The average molecular weight is 392 g/mol. The average Bonchev–Trinajstić information content (AvgIpc) is 2.54. The van der Waals surface area contributed by atoms with Crippen molar-refractivity contribution in [2.45, 2.75) is 32.6 Å². The normalized spacial score (nSPS) is 10.2. The Balaban J connectivity index is 0.00000288. The molecule has 2 aromatic carbocycles. The van der Waals surface area contributed by atoms with Gasteiger partial charge in [-0.3, -0.25) is 9.59 Å². The molecular weight excluding hydrogens is 370 g/mol. The monoisotopic (exact) mass is 390 g/mol. The van der Waals surface area contributed by atoms with E-state index in [1.807, 2.05) is 12.1 Å². The number of carbonyl (C=O) groups is 2. The summed E-state index contributed by atoms with van der Waals surface area (Å²) in [5.41, 5.74) is 2.29. The summed E-state index contributed by atoms with van der Waals surface area (Å²) < 4.78 is 5.06. The van der Waals surface area contributed by atoms with Crippen molar-refractivity contribution in [1.29, 1.82) is 0 Å². The number of carbonyl (C=O) groups excluding carboxylic acids is 2. The molecule has 0 amide bonds. The smallest absolute Gasteiger partial charge is 2.00 e. The third-order valence-corrected chi connectivity index (χ3v) is 3.81. The molecule has 25 heavy (non-hydrogen) atoms. The Labute approximate surface area is 161 Å². The molecule has 128 valence electrons. The molecule has 0 heterocycles. The zero-order valence-corrected chi connectivity index (χ0v) is 18.1. The molecule has 0 fully saturated rings. The van der Waals surface area contributed by atoms with Crippen molar-refractivity contribution in [2.75, 3.05) is 7.11 Å². The van der Waals surface area contributed by atoms with E-state index in [-0.39, 0.29) is 48.4 Å². The fraction of sp³-hybridized carbons (Fsp3) is 0.300. The SMILES string of the molecule is COc1ccc(C(=O)CC(=O)c2ccc(C(C)(C)C)cc2)cc1.[O-2].[Zn+2]. The summed E-state index contributed by atoms with van der Waals surface area (Å²) >= 11 is 0. The summed E-state index contributed by atoms with van der Waals surface area (Å²) in [7, 11) is 1.57. The number of rotatable bonds is 5. The number of Topliss-reactive ketones (excluding diaryl/α,β-unsaturated/α-hetero) is 2. The molecule has 0 atom stereocenters. The first-order chi connectivity index (χ1) is 10.8. The number of hydrogen-bond donors (Lipinski definition) is 0. The van der Waals surface area contributed by atoms with E-state index in [1.165, 1.54) is 0 Å². The molecule has 0 aliphatic rings. The molecule has 0 aromatic heterocycles. The van der Waals surface area contributed by atoms with Crippen molar-refractivity contribution in [2.24, 2.45) is 0 Å². The zero-order chi connectivity index (χ0) is 17.0. The second-order valence-corrected chi connectivity index (χ2v) is 6.58. The van der Waals surface area contributed by atoms with Gasteiger partial charge in [-0.1, -0.05) is 45.0 Å². The van der Waals surface area contributed by atoms with E-state index in [4.69, 9.17) is 4.74 Å². The standard InChI is InChI=1S/C20H22O3.O.Zn/c1-20(2,3)16-9-5-14(6-10-16)18(21)13-19(22)15-7-11-17(23-4)12-8-15;;/h5-12H,13H2,1-4H3;;/q;-2;+2. The minimum absolute atomic E-state index is 0. The van der Waals surface area contributed by atoms with Crippen LogP contribution >= 0.6 is 0 Å². The maximum atomic E-state index is 12.3. The number of benzene rings is 2. The van der Waals surface area contributed by atoms with Crippen molar-refractivity contribution in [3.05, 3.63) is 65.2 Å². The van der Waals surface area contributed by atoms with Crippen molar-refractivity contribution >= 4 is 11.6 Å². The fourth-order valence-corrected chi connectivity index (χ4v) is 2.28. The van der Waals surface area contributed by atoms with Crippen LogP contribution in [0.5, 0.6) is 5.75 Å². The Morgan fingerprint density at radius 2 is 1.24 bits per heavy atom. The molecule has 0 radical (unpaired) electrons. The summed E-state index contributed by atoms with van der Waals surface area (Å²) in [5, 5.41) is 0. The Morgan fingerprint density at radius 1 is 0.840 bits per heavy atom. The van der Waals surface area contributed by atoms with Crippen molar-refractivity contribution in [3.63, 3.8) is 0 Å². The number of ether oxygens (including phenoxy) is 1. The number of methoxy groups -OCH3 is 1. The Bertz CT molecular complexity index is 698. The first-order valence-corrected chi connectivity index (χ1v) is 7.62. The summed E-state index contributed by atoms with van der Waals surface area (Å²) in [6, 6.07) is 14.3. The predicted octanol–water partition coefficient (Wildman–Crippen LogP) is 4.33. The van der Waals surface area contributed by atoms with Gasteiger partial charge >= 0.3 is 19.5 Å². The molecule has 0 N–H and O–H groups in total. The molecule has 5 heteroatoms. The van der Waals surface area contributed by atoms with E-state index in [9.17, 15) is 9.59 Å². The van der Waals surface area contributed by atoms with Crippen LogP contribution in [0.15, 0.2) is 48.5 Å². The fourth-order valence-electron chi connectivity index (χ4n) is 2.28. The van der Waals surface area contributed by atoms with Gasteiger partial charge in [0, 0.05) is 11.1 Å². The van der Waals surface area contributed by atoms with Crippen molar-refractivity contribution in [3.8, 4) is 5.75 Å². The van der Waals surface area contributed by atoms with Gasteiger partial charge in [0.1, 0.15) is 5.75 Å². The minimum Gasteiger partial charge on any atom is -2.00 e. The van der Waals surface area contributed by atoms with Gasteiger partial charge in [0.25, 0.3) is 0 Å². The van der Waals surface area contributed by atoms with Crippen LogP contribution in [0.1, 0.15) is 53.5 Å². The van der Waals surface area contributed by atoms with E-state index >= 15 is 0 Å². The van der Waals surface area contributed by atoms with Crippen molar-refractivity contribution < 1.29 is 39.3 Å². The molecule has 0 bridgehead atoms. The van der Waals surface area contributed by atoms with Crippen LogP contribution in [0.2, 0.25) is 0 Å². The molecule has 0 unspecified atom stereocenters. The molecule has 0 saturated heterocycles. The third-order valence-electron chi connectivity index (χ3n) is 3.81. The molecule has 0 saturated carbocycles. The van der Waals surface area contributed by atoms with E-state index in [1.54, 1.807) is 43.5 Å². The van der Waals surface area contributed by atoms with Gasteiger partial charge in [-0.2, -0.15) is 0 Å². The topological polar surface area (TPSA) is 71.9 Å². The second kappa shape index (κ2) is 9.60. The van der Waals surface area contributed by atoms with Crippen molar-refractivity contribution in [1.82, 2.24) is 0 Å². The van der Waals surface area contributed by atoms with Gasteiger partial charge in [-0.05, 0) is 35.2 Å². The Morgan fingerprint density at radius 3 is 1.60 bits per heavy atom. The van der Waals surface area contributed by atoms with E-state index < -0.39 is 0 Å². The maximum absolute atomic E-state index is 12.3. The van der Waals surface area contributed by atoms with Gasteiger partial charge in [0.2, 0.25) is 0 Å². The van der Waals surface area contributed by atoms with Gasteiger partial charge in [0.05, 0.1) is 13.5 Å². The summed E-state index contributed by atoms with van der Waals surface area (Å²) in [6.07, 6.45) is -0.124. The van der Waals surface area contributed by atoms with Gasteiger partial charge < -0.3 is 10.2 Å².